The monoisotopic (exact) mass is 310 g/mol. The average molecular weight is 311 g/mol. The van der Waals surface area contributed by atoms with Gasteiger partial charge in [-0.1, -0.05) is 38.1 Å². The molecule has 1 heterocycles. The van der Waals surface area contributed by atoms with Crippen molar-refractivity contribution in [2.24, 2.45) is 5.92 Å². The highest BCUT2D eigenvalue weighted by atomic mass is 35.5. The maximum Gasteiger partial charge on any atom is 0.220 e. The summed E-state index contributed by atoms with van der Waals surface area (Å²) >= 11 is 0. The minimum atomic E-state index is 0. The molecule has 0 aromatic heterocycles. The van der Waals surface area contributed by atoms with Crippen LogP contribution in [0.1, 0.15) is 43.7 Å². The first kappa shape index (κ1) is 18.0. The number of aryl methyl sites for hydroxylation is 1. The Balaban J connectivity index is 0.00000220. The lowest BCUT2D eigenvalue weighted by atomic mass is 9.92. The first-order valence-electron chi connectivity index (χ1n) is 7.63. The summed E-state index contributed by atoms with van der Waals surface area (Å²) in [5, 5.41) is 6.57. The van der Waals surface area contributed by atoms with Gasteiger partial charge in [-0.2, -0.15) is 0 Å². The third-order valence-corrected chi connectivity index (χ3v) is 4.34. The molecular weight excluding hydrogens is 284 g/mol. The first-order valence-corrected chi connectivity index (χ1v) is 7.63. The van der Waals surface area contributed by atoms with Crippen LogP contribution < -0.4 is 10.6 Å². The molecule has 0 saturated carbocycles. The Morgan fingerprint density at radius 2 is 2.14 bits per heavy atom. The Hall–Kier alpha value is -1.06. The molecule has 3 nitrogen and oxygen atoms in total. The van der Waals surface area contributed by atoms with Gasteiger partial charge in [0.05, 0.1) is 0 Å². The SMILES string of the molecule is Cc1ccccc1C(C)CC(=O)NC1CCNCC1C.Cl. The van der Waals surface area contributed by atoms with Crippen LogP contribution in [-0.4, -0.2) is 25.0 Å². The Kier molecular flexibility index (Phi) is 7.20. The van der Waals surface area contributed by atoms with Gasteiger partial charge in [0.15, 0.2) is 0 Å². The topological polar surface area (TPSA) is 41.1 Å². The second-order valence-corrected chi connectivity index (χ2v) is 6.11. The van der Waals surface area contributed by atoms with Crippen LogP contribution in [0.2, 0.25) is 0 Å². The molecule has 21 heavy (non-hydrogen) atoms. The molecule has 1 aromatic carbocycles. The zero-order valence-corrected chi connectivity index (χ0v) is 14.0. The molecule has 4 heteroatoms. The molecule has 3 atom stereocenters. The molecule has 0 aliphatic carbocycles. The van der Waals surface area contributed by atoms with Crippen LogP contribution in [0, 0.1) is 12.8 Å². The molecule has 1 saturated heterocycles. The van der Waals surface area contributed by atoms with Crippen molar-refractivity contribution in [2.75, 3.05) is 13.1 Å². The molecule has 2 N–H and O–H groups in total. The standard InChI is InChI=1S/C17H26N2O.ClH/c1-12-6-4-5-7-15(12)13(2)10-17(20)19-16-8-9-18-11-14(16)3;/h4-7,13-14,16,18H,8-11H2,1-3H3,(H,19,20);1H. The molecule has 118 valence electrons. The summed E-state index contributed by atoms with van der Waals surface area (Å²) < 4.78 is 0. The van der Waals surface area contributed by atoms with Gasteiger partial charge in [0, 0.05) is 12.5 Å². The second kappa shape index (κ2) is 8.40. The second-order valence-electron chi connectivity index (χ2n) is 6.11. The third kappa shape index (κ3) is 5.01. The van der Waals surface area contributed by atoms with Gasteiger partial charge < -0.3 is 10.6 Å². The fourth-order valence-corrected chi connectivity index (χ4v) is 3.02. The molecule has 1 aliphatic heterocycles. The van der Waals surface area contributed by atoms with Gasteiger partial charge in [-0.25, -0.2) is 0 Å². The molecule has 2 rings (SSSR count). The predicted octanol–water partition coefficient (Wildman–Crippen LogP) is 3.02. The maximum absolute atomic E-state index is 12.2. The summed E-state index contributed by atoms with van der Waals surface area (Å²) in [5.74, 6) is 0.967. The normalized spacial score (nSPS) is 23.0. The van der Waals surface area contributed by atoms with Crippen LogP contribution in [0.25, 0.3) is 0 Å². The fourth-order valence-electron chi connectivity index (χ4n) is 3.02. The number of benzene rings is 1. The fraction of sp³-hybridized carbons (Fsp3) is 0.588. The number of carbonyl (C=O) groups is 1. The molecule has 0 radical (unpaired) electrons. The molecule has 1 amide bonds. The van der Waals surface area contributed by atoms with E-state index in [-0.39, 0.29) is 24.2 Å². The zero-order valence-electron chi connectivity index (χ0n) is 13.2. The molecule has 1 fully saturated rings. The smallest absolute Gasteiger partial charge is 0.220 e. The van der Waals surface area contributed by atoms with Crippen LogP contribution in [-0.2, 0) is 4.79 Å². The molecular formula is C17H27ClN2O. The first-order chi connectivity index (χ1) is 9.58. The van der Waals surface area contributed by atoms with E-state index in [1.54, 1.807) is 0 Å². The van der Waals surface area contributed by atoms with Crippen molar-refractivity contribution in [2.45, 2.75) is 45.6 Å². The highest BCUT2D eigenvalue weighted by Gasteiger charge is 2.23. The Morgan fingerprint density at radius 3 is 2.81 bits per heavy atom. The number of halogens is 1. The lowest BCUT2D eigenvalue weighted by molar-refractivity contribution is -0.122. The van der Waals surface area contributed by atoms with E-state index in [0.717, 1.165) is 19.5 Å². The van der Waals surface area contributed by atoms with Crippen molar-refractivity contribution in [1.82, 2.24) is 10.6 Å². The van der Waals surface area contributed by atoms with Gasteiger partial charge in [0.2, 0.25) is 5.91 Å². The van der Waals surface area contributed by atoms with E-state index < -0.39 is 0 Å². The van der Waals surface area contributed by atoms with Crippen molar-refractivity contribution >= 4 is 18.3 Å². The average Bonchev–Trinajstić information content (AvgIpc) is 2.41. The molecule has 0 bridgehead atoms. The van der Waals surface area contributed by atoms with E-state index >= 15 is 0 Å². The van der Waals surface area contributed by atoms with Gasteiger partial charge in [0.25, 0.3) is 0 Å². The van der Waals surface area contributed by atoms with Gasteiger partial charge in [0.1, 0.15) is 0 Å². The van der Waals surface area contributed by atoms with Crippen molar-refractivity contribution in [1.29, 1.82) is 0 Å². The minimum absolute atomic E-state index is 0. The van der Waals surface area contributed by atoms with Crippen LogP contribution in [0.3, 0.4) is 0 Å². The van der Waals surface area contributed by atoms with E-state index in [1.807, 2.05) is 12.1 Å². The number of hydrogen-bond donors (Lipinski definition) is 2. The highest BCUT2D eigenvalue weighted by Crippen LogP contribution is 2.22. The van der Waals surface area contributed by atoms with Crippen molar-refractivity contribution in [3.8, 4) is 0 Å². The van der Waals surface area contributed by atoms with Crippen LogP contribution in [0.15, 0.2) is 24.3 Å². The van der Waals surface area contributed by atoms with Crippen LogP contribution in [0.4, 0.5) is 0 Å². The van der Waals surface area contributed by atoms with E-state index in [1.165, 1.54) is 11.1 Å². The molecule has 0 spiro atoms. The number of nitrogens with one attached hydrogen (secondary N) is 2. The van der Waals surface area contributed by atoms with Crippen LogP contribution >= 0.6 is 12.4 Å². The van der Waals surface area contributed by atoms with Gasteiger partial charge >= 0.3 is 0 Å². The molecule has 1 aromatic rings. The number of amides is 1. The van der Waals surface area contributed by atoms with Crippen LogP contribution in [0.5, 0.6) is 0 Å². The van der Waals surface area contributed by atoms with Crippen molar-refractivity contribution < 1.29 is 4.79 Å². The molecule has 3 unspecified atom stereocenters. The Morgan fingerprint density at radius 1 is 1.43 bits per heavy atom. The lowest BCUT2D eigenvalue weighted by Crippen LogP contribution is -2.48. The van der Waals surface area contributed by atoms with E-state index in [0.29, 0.717) is 18.4 Å². The highest BCUT2D eigenvalue weighted by molar-refractivity contribution is 5.85. The summed E-state index contributed by atoms with van der Waals surface area (Å²) in [4.78, 5) is 12.2. The zero-order chi connectivity index (χ0) is 14.5. The Bertz CT molecular complexity index is 464. The maximum atomic E-state index is 12.2. The van der Waals surface area contributed by atoms with Crippen molar-refractivity contribution in [3.05, 3.63) is 35.4 Å². The van der Waals surface area contributed by atoms with Gasteiger partial charge in [-0.3, -0.25) is 4.79 Å². The summed E-state index contributed by atoms with van der Waals surface area (Å²) in [5.41, 5.74) is 2.55. The van der Waals surface area contributed by atoms with E-state index in [4.69, 9.17) is 0 Å². The van der Waals surface area contributed by atoms with Crippen molar-refractivity contribution in [3.63, 3.8) is 0 Å². The molecule has 1 aliphatic rings. The lowest BCUT2D eigenvalue weighted by Gasteiger charge is -2.30. The quantitative estimate of drug-likeness (QED) is 0.897. The summed E-state index contributed by atoms with van der Waals surface area (Å²) in [6, 6.07) is 8.65. The van der Waals surface area contributed by atoms with E-state index in [2.05, 4.69) is 43.5 Å². The van der Waals surface area contributed by atoms with Gasteiger partial charge in [-0.15, -0.1) is 12.4 Å². The number of rotatable bonds is 4. The summed E-state index contributed by atoms with van der Waals surface area (Å²) in [6.07, 6.45) is 1.60. The number of carbonyl (C=O) groups excluding carboxylic acids is 1. The number of piperidine rings is 1. The van der Waals surface area contributed by atoms with E-state index in [9.17, 15) is 4.79 Å². The largest absolute Gasteiger partial charge is 0.353 e. The minimum Gasteiger partial charge on any atom is -0.353 e. The summed E-state index contributed by atoms with van der Waals surface area (Å²) in [7, 11) is 0. The summed E-state index contributed by atoms with van der Waals surface area (Å²) in [6.45, 7) is 8.44. The number of hydrogen-bond acceptors (Lipinski definition) is 2. The Labute approximate surface area is 134 Å². The predicted molar refractivity (Wildman–Crippen MR) is 90.0 cm³/mol. The third-order valence-electron chi connectivity index (χ3n) is 4.34. The van der Waals surface area contributed by atoms with Gasteiger partial charge in [-0.05, 0) is 49.4 Å².